The maximum Gasteiger partial charge on any atom is 0.349 e. The molecule has 19 heavy (non-hydrogen) atoms. The monoisotopic (exact) mass is 281 g/mol. The van der Waals surface area contributed by atoms with Crippen molar-refractivity contribution in [2.24, 2.45) is 0 Å². The highest BCUT2D eigenvalue weighted by molar-refractivity contribution is 7.17. The molecule has 0 saturated carbocycles. The Kier molecular flexibility index (Phi) is 3.45. The summed E-state index contributed by atoms with van der Waals surface area (Å²) >= 11 is 1.43. The molecule has 6 heteroatoms. The number of fused-ring (bicyclic) bond motifs is 2. The van der Waals surface area contributed by atoms with Gasteiger partial charge in [-0.25, -0.2) is 9.78 Å². The van der Waals surface area contributed by atoms with Gasteiger partial charge in [-0.05, 0) is 26.3 Å². The average Bonchev–Trinajstić information content (AvgIpc) is 2.95. The second-order valence-electron chi connectivity index (χ2n) is 5.28. The van der Waals surface area contributed by atoms with E-state index in [-0.39, 0.29) is 5.97 Å². The van der Waals surface area contributed by atoms with Crippen molar-refractivity contribution in [2.75, 3.05) is 32.1 Å². The van der Waals surface area contributed by atoms with Crippen LogP contribution in [-0.2, 0) is 4.74 Å². The smallest absolute Gasteiger partial charge is 0.349 e. The van der Waals surface area contributed by atoms with Gasteiger partial charge >= 0.3 is 5.97 Å². The summed E-state index contributed by atoms with van der Waals surface area (Å²) in [4.78, 5) is 21.3. The molecule has 3 heterocycles. The average molecular weight is 281 g/mol. The number of hydrogen-bond acceptors (Lipinski definition) is 6. The van der Waals surface area contributed by atoms with Gasteiger partial charge in [-0.1, -0.05) is 11.3 Å². The SMILES string of the molecule is COC(=O)c1cnc(N2CCC3CCC(C2)N3C)s1. The van der Waals surface area contributed by atoms with Crippen molar-refractivity contribution in [1.82, 2.24) is 9.88 Å². The molecule has 2 atom stereocenters. The third-order valence-corrected chi connectivity index (χ3v) is 5.34. The second kappa shape index (κ2) is 5.09. The van der Waals surface area contributed by atoms with Gasteiger partial charge in [0.1, 0.15) is 4.88 Å². The summed E-state index contributed by atoms with van der Waals surface area (Å²) in [5.74, 6) is -0.294. The fourth-order valence-corrected chi connectivity index (χ4v) is 3.96. The Bertz CT molecular complexity index is 476. The zero-order chi connectivity index (χ0) is 13.4. The number of aromatic nitrogens is 1. The maximum absolute atomic E-state index is 11.5. The minimum absolute atomic E-state index is 0.294. The number of thiazole rings is 1. The first-order chi connectivity index (χ1) is 9.19. The van der Waals surface area contributed by atoms with E-state index in [1.807, 2.05) is 0 Å². The Hall–Kier alpha value is -1.14. The molecule has 104 valence electrons. The number of anilines is 1. The van der Waals surface area contributed by atoms with Crippen molar-refractivity contribution in [3.63, 3.8) is 0 Å². The lowest BCUT2D eigenvalue weighted by Gasteiger charge is -2.25. The van der Waals surface area contributed by atoms with Crippen LogP contribution < -0.4 is 4.90 Å². The molecular weight excluding hydrogens is 262 g/mol. The summed E-state index contributed by atoms with van der Waals surface area (Å²) in [5, 5.41) is 0.946. The van der Waals surface area contributed by atoms with E-state index in [0.717, 1.165) is 24.3 Å². The third kappa shape index (κ3) is 2.34. The van der Waals surface area contributed by atoms with Crippen LogP contribution in [0.4, 0.5) is 5.13 Å². The summed E-state index contributed by atoms with van der Waals surface area (Å²) in [6.07, 6.45) is 5.39. The quantitative estimate of drug-likeness (QED) is 0.771. The number of carbonyl (C=O) groups is 1. The third-order valence-electron chi connectivity index (χ3n) is 4.30. The minimum Gasteiger partial charge on any atom is -0.465 e. The predicted octanol–water partition coefficient (Wildman–Crippen LogP) is 1.60. The first kappa shape index (κ1) is 12.9. The fraction of sp³-hybridized carbons (Fsp3) is 0.692. The first-order valence-corrected chi connectivity index (χ1v) is 7.51. The largest absolute Gasteiger partial charge is 0.465 e. The van der Waals surface area contributed by atoms with Crippen LogP contribution in [0.15, 0.2) is 6.20 Å². The maximum atomic E-state index is 11.5. The molecule has 0 radical (unpaired) electrons. The van der Waals surface area contributed by atoms with Crippen molar-refractivity contribution >= 4 is 22.4 Å². The molecule has 2 saturated heterocycles. The molecule has 3 rings (SSSR count). The highest BCUT2D eigenvalue weighted by Crippen LogP contribution is 2.32. The van der Waals surface area contributed by atoms with Crippen LogP contribution in [0.1, 0.15) is 28.9 Å². The number of methoxy groups -OCH3 is 1. The minimum atomic E-state index is -0.294. The summed E-state index contributed by atoms with van der Waals surface area (Å²) < 4.78 is 4.73. The Morgan fingerprint density at radius 2 is 2.21 bits per heavy atom. The molecule has 0 spiro atoms. The molecule has 0 aliphatic carbocycles. The van der Waals surface area contributed by atoms with E-state index in [0.29, 0.717) is 10.9 Å². The first-order valence-electron chi connectivity index (χ1n) is 6.70. The topological polar surface area (TPSA) is 45.7 Å². The number of esters is 1. The number of rotatable bonds is 2. The zero-order valence-electron chi connectivity index (χ0n) is 11.3. The molecule has 2 bridgehead atoms. The highest BCUT2D eigenvalue weighted by Gasteiger charge is 2.35. The molecule has 2 fully saturated rings. The van der Waals surface area contributed by atoms with E-state index in [1.165, 1.54) is 37.7 Å². The molecule has 2 unspecified atom stereocenters. The molecule has 1 aromatic rings. The molecule has 0 amide bonds. The lowest BCUT2D eigenvalue weighted by Crippen LogP contribution is -2.36. The van der Waals surface area contributed by atoms with E-state index in [9.17, 15) is 4.79 Å². The summed E-state index contributed by atoms with van der Waals surface area (Å²) in [6, 6.07) is 1.34. The zero-order valence-corrected chi connectivity index (χ0v) is 12.2. The van der Waals surface area contributed by atoms with Gasteiger partial charge < -0.3 is 9.64 Å². The van der Waals surface area contributed by atoms with Crippen molar-refractivity contribution < 1.29 is 9.53 Å². The van der Waals surface area contributed by atoms with Gasteiger partial charge in [-0.3, -0.25) is 4.90 Å². The van der Waals surface area contributed by atoms with Crippen molar-refractivity contribution in [2.45, 2.75) is 31.3 Å². The standard InChI is InChI=1S/C13H19N3O2S/c1-15-9-3-4-10(15)8-16(6-5-9)13-14-7-11(19-13)12(17)18-2/h7,9-10H,3-6,8H2,1-2H3. The van der Waals surface area contributed by atoms with Crippen LogP contribution in [0.2, 0.25) is 0 Å². The number of likely N-dealkylation sites (N-methyl/N-ethyl adjacent to an activating group) is 1. The predicted molar refractivity (Wildman–Crippen MR) is 74.9 cm³/mol. The summed E-state index contributed by atoms with van der Waals surface area (Å²) in [5.41, 5.74) is 0. The van der Waals surface area contributed by atoms with E-state index in [4.69, 9.17) is 4.74 Å². The number of ether oxygens (including phenoxy) is 1. The fourth-order valence-electron chi connectivity index (χ4n) is 3.09. The molecule has 2 aliphatic heterocycles. The molecule has 5 nitrogen and oxygen atoms in total. The molecular formula is C13H19N3O2S. The lowest BCUT2D eigenvalue weighted by atomic mass is 10.1. The highest BCUT2D eigenvalue weighted by atomic mass is 32.1. The number of nitrogens with zero attached hydrogens (tertiary/aromatic N) is 3. The second-order valence-corrected chi connectivity index (χ2v) is 6.29. The van der Waals surface area contributed by atoms with Crippen molar-refractivity contribution in [1.29, 1.82) is 0 Å². The summed E-state index contributed by atoms with van der Waals surface area (Å²) in [7, 11) is 3.63. The van der Waals surface area contributed by atoms with Gasteiger partial charge in [0.05, 0.1) is 13.3 Å². The van der Waals surface area contributed by atoms with Gasteiger partial charge in [-0.2, -0.15) is 0 Å². The van der Waals surface area contributed by atoms with Gasteiger partial charge in [0, 0.05) is 25.2 Å². The normalized spacial score (nSPS) is 27.4. The van der Waals surface area contributed by atoms with Gasteiger partial charge in [0.2, 0.25) is 0 Å². The number of hydrogen-bond donors (Lipinski definition) is 0. The van der Waals surface area contributed by atoms with Gasteiger partial charge in [0.15, 0.2) is 5.13 Å². The van der Waals surface area contributed by atoms with E-state index < -0.39 is 0 Å². The van der Waals surface area contributed by atoms with Crippen LogP contribution in [0.5, 0.6) is 0 Å². The van der Waals surface area contributed by atoms with Crippen LogP contribution in [0.25, 0.3) is 0 Å². The molecule has 1 aromatic heterocycles. The van der Waals surface area contributed by atoms with Crippen molar-refractivity contribution in [3.8, 4) is 0 Å². The summed E-state index contributed by atoms with van der Waals surface area (Å²) in [6.45, 7) is 2.04. The van der Waals surface area contributed by atoms with Crippen LogP contribution in [0, 0.1) is 0 Å². The van der Waals surface area contributed by atoms with E-state index >= 15 is 0 Å². The Labute approximate surface area is 117 Å². The molecule has 0 aromatic carbocycles. The number of carbonyl (C=O) groups excluding carboxylic acids is 1. The van der Waals surface area contributed by atoms with E-state index in [2.05, 4.69) is 21.8 Å². The Morgan fingerprint density at radius 3 is 3.00 bits per heavy atom. The van der Waals surface area contributed by atoms with Crippen molar-refractivity contribution in [3.05, 3.63) is 11.1 Å². The van der Waals surface area contributed by atoms with Crippen LogP contribution in [0.3, 0.4) is 0 Å². The van der Waals surface area contributed by atoms with Crippen LogP contribution >= 0.6 is 11.3 Å². The lowest BCUT2D eigenvalue weighted by molar-refractivity contribution is 0.0606. The molecule has 0 N–H and O–H groups in total. The van der Waals surface area contributed by atoms with Gasteiger partial charge in [0.25, 0.3) is 0 Å². The van der Waals surface area contributed by atoms with Gasteiger partial charge in [-0.15, -0.1) is 0 Å². The van der Waals surface area contributed by atoms with E-state index in [1.54, 1.807) is 6.20 Å². The van der Waals surface area contributed by atoms with Crippen LogP contribution in [-0.4, -0.2) is 55.2 Å². The Morgan fingerprint density at radius 1 is 1.42 bits per heavy atom. The molecule has 2 aliphatic rings. The Balaban J connectivity index is 1.75.